The van der Waals surface area contributed by atoms with Crippen LogP contribution in [-0.2, 0) is 9.53 Å². The molecule has 0 bridgehead atoms. The smallest absolute Gasteiger partial charge is 0.325 e. The molecule has 94 valence electrons. The fourth-order valence-corrected chi connectivity index (χ4v) is 1.14. The number of nitrogens with one attached hydrogen (secondary N) is 1. The summed E-state index contributed by atoms with van der Waals surface area (Å²) < 4.78 is 5.16. The van der Waals surface area contributed by atoms with E-state index in [0.29, 0.717) is 12.4 Å². The first-order valence-electron chi connectivity index (χ1n) is 5.52. The average molecular weight is 237 g/mol. The lowest BCUT2D eigenvalue weighted by Gasteiger charge is -2.22. The van der Waals surface area contributed by atoms with Crippen molar-refractivity contribution in [3.05, 3.63) is 24.4 Å². The van der Waals surface area contributed by atoms with Crippen LogP contribution in [0.25, 0.3) is 0 Å². The lowest BCUT2D eigenvalue weighted by atomic mass is 10.2. The van der Waals surface area contributed by atoms with Gasteiger partial charge in [-0.2, -0.15) is 0 Å². The Morgan fingerprint density at radius 3 is 2.76 bits per heavy atom. The van der Waals surface area contributed by atoms with Gasteiger partial charge in [0, 0.05) is 12.7 Å². The van der Waals surface area contributed by atoms with Crippen LogP contribution in [0.5, 0.6) is 0 Å². The number of anilines is 1. The molecule has 0 radical (unpaired) electrons. The van der Waals surface area contributed by atoms with Crippen LogP contribution in [0, 0.1) is 0 Å². The molecule has 0 amide bonds. The van der Waals surface area contributed by atoms with Crippen LogP contribution in [0.15, 0.2) is 24.4 Å². The summed E-state index contributed by atoms with van der Waals surface area (Å²) in [5.41, 5.74) is 5.19. The van der Waals surface area contributed by atoms with Gasteiger partial charge in [0.1, 0.15) is 17.5 Å². The molecule has 1 aromatic heterocycles. The number of hydrogen-bond acceptors (Lipinski definition) is 5. The van der Waals surface area contributed by atoms with Crippen LogP contribution in [-0.4, -0.2) is 29.1 Å². The Kier molecular flexibility index (Phi) is 4.45. The van der Waals surface area contributed by atoms with Crippen molar-refractivity contribution in [3.63, 3.8) is 0 Å². The van der Waals surface area contributed by atoms with Crippen molar-refractivity contribution < 1.29 is 9.53 Å². The molecule has 0 fully saturated rings. The quantitative estimate of drug-likeness (QED) is 0.768. The van der Waals surface area contributed by atoms with Crippen LogP contribution in [0.2, 0.25) is 0 Å². The molecule has 0 saturated carbocycles. The molecule has 0 aliphatic rings. The summed E-state index contributed by atoms with van der Waals surface area (Å²) in [7, 11) is 0. The van der Waals surface area contributed by atoms with E-state index in [0.717, 1.165) is 0 Å². The Hall–Kier alpha value is -1.62. The van der Waals surface area contributed by atoms with Gasteiger partial charge in [-0.15, -0.1) is 0 Å². The minimum absolute atomic E-state index is 0.298. The number of carbonyl (C=O) groups is 1. The SMILES string of the molecule is CC(C)(C)OC(=O)C(N)CNc1ccccn1. The topological polar surface area (TPSA) is 77.2 Å². The van der Waals surface area contributed by atoms with E-state index < -0.39 is 17.6 Å². The van der Waals surface area contributed by atoms with E-state index >= 15 is 0 Å². The number of nitrogens with two attached hydrogens (primary N) is 1. The van der Waals surface area contributed by atoms with Crippen molar-refractivity contribution in [1.82, 2.24) is 4.98 Å². The molecule has 0 aliphatic carbocycles. The molecule has 1 rings (SSSR count). The predicted octanol–water partition coefficient (Wildman–Crippen LogP) is 1.16. The predicted molar refractivity (Wildman–Crippen MR) is 66.5 cm³/mol. The summed E-state index contributed by atoms with van der Waals surface area (Å²) >= 11 is 0. The number of pyridine rings is 1. The van der Waals surface area contributed by atoms with Gasteiger partial charge in [0.05, 0.1) is 0 Å². The van der Waals surface area contributed by atoms with Gasteiger partial charge in [-0.1, -0.05) is 6.07 Å². The molecule has 1 aromatic rings. The maximum Gasteiger partial charge on any atom is 0.325 e. The number of carbonyl (C=O) groups excluding carboxylic acids is 1. The summed E-state index contributed by atoms with van der Waals surface area (Å²) in [4.78, 5) is 15.6. The van der Waals surface area contributed by atoms with Gasteiger partial charge < -0.3 is 15.8 Å². The molecule has 0 spiro atoms. The molecule has 0 aromatic carbocycles. The first kappa shape index (κ1) is 13.4. The van der Waals surface area contributed by atoms with E-state index in [1.807, 2.05) is 39.0 Å². The number of nitrogens with zero attached hydrogens (tertiary/aromatic N) is 1. The standard InChI is InChI=1S/C12H19N3O2/c1-12(2,3)17-11(16)9(13)8-15-10-6-4-5-7-14-10/h4-7,9H,8,13H2,1-3H3,(H,14,15). The van der Waals surface area contributed by atoms with Crippen molar-refractivity contribution in [2.45, 2.75) is 32.4 Å². The second-order valence-electron chi connectivity index (χ2n) is 4.74. The van der Waals surface area contributed by atoms with Crippen molar-refractivity contribution in [2.24, 2.45) is 5.73 Å². The summed E-state index contributed by atoms with van der Waals surface area (Å²) in [5, 5.41) is 2.97. The Labute approximate surface area is 101 Å². The van der Waals surface area contributed by atoms with Crippen LogP contribution in [0.1, 0.15) is 20.8 Å². The first-order chi connectivity index (χ1) is 7.88. The van der Waals surface area contributed by atoms with E-state index in [1.54, 1.807) is 6.20 Å². The molecular formula is C12H19N3O2. The Balaban J connectivity index is 2.40. The third-order valence-corrected chi connectivity index (χ3v) is 1.88. The molecule has 1 heterocycles. The Morgan fingerprint density at radius 2 is 2.24 bits per heavy atom. The van der Waals surface area contributed by atoms with Crippen molar-refractivity contribution in [1.29, 1.82) is 0 Å². The molecule has 5 heteroatoms. The van der Waals surface area contributed by atoms with Crippen LogP contribution >= 0.6 is 0 Å². The second kappa shape index (κ2) is 5.63. The molecule has 17 heavy (non-hydrogen) atoms. The van der Waals surface area contributed by atoms with E-state index in [9.17, 15) is 4.79 Å². The number of esters is 1. The van der Waals surface area contributed by atoms with E-state index in [2.05, 4.69) is 10.3 Å². The molecule has 0 saturated heterocycles. The van der Waals surface area contributed by atoms with Crippen LogP contribution in [0.4, 0.5) is 5.82 Å². The van der Waals surface area contributed by atoms with Crippen LogP contribution in [0.3, 0.4) is 0 Å². The minimum atomic E-state index is -0.698. The summed E-state index contributed by atoms with van der Waals surface area (Å²) in [6.07, 6.45) is 1.67. The van der Waals surface area contributed by atoms with Crippen molar-refractivity contribution in [3.8, 4) is 0 Å². The lowest BCUT2D eigenvalue weighted by molar-refractivity contribution is -0.156. The summed E-state index contributed by atoms with van der Waals surface area (Å²) in [6.45, 7) is 5.73. The van der Waals surface area contributed by atoms with E-state index in [1.165, 1.54) is 0 Å². The fraction of sp³-hybridized carbons (Fsp3) is 0.500. The van der Waals surface area contributed by atoms with Gasteiger partial charge in [0.25, 0.3) is 0 Å². The second-order valence-corrected chi connectivity index (χ2v) is 4.74. The molecular weight excluding hydrogens is 218 g/mol. The fourth-order valence-electron chi connectivity index (χ4n) is 1.14. The highest BCUT2D eigenvalue weighted by atomic mass is 16.6. The number of hydrogen-bond donors (Lipinski definition) is 2. The normalized spacial score (nSPS) is 12.9. The van der Waals surface area contributed by atoms with E-state index in [-0.39, 0.29) is 0 Å². The summed E-state index contributed by atoms with van der Waals surface area (Å²) in [5.74, 6) is 0.271. The third kappa shape index (κ3) is 5.31. The van der Waals surface area contributed by atoms with Gasteiger partial charge in [-0.05, 0) is 32.9 Å². The lowest BCUT2D eigenvalue weighted by Crippen LogP contribution is -2.41. The highest BCUT2D eigenvalue weighted by molar-refractivity contribution is 5.76. The summed E-state index contributed by atoms with van der Waals surface area (Å²) in [6, 6.07) is 4.78. The zero-order chi connectivity index (χ0) is 12.9. The van der Waals surface area contributed by atoms with Crippen molar-refractivity contribution in [2.75, 3.05) is 11.9 Å². The molecule has 1 atom stereocenters. The van der Waals surface area contributed by atoms with Gasteiger partial charge in [-0.3, -0.25) is 4.79 Å². The number of aromatic nitrogens is 1. The number of ether oxygens (including phenoxy) is 1. The zero-order valence-corrected chi connectivity index (χ0v) is 10.4. The molecule has 5 nitrogen and oxygen atoms in total. The zero-order valence-electron chi connectivity index (χ0n) is 10.4. The Bertz CT molecular complexity index is 360. The van der Waals surface area contributed by atoms with E-state index in [4.69, 9.17) is 10.5 Å². The van der Waals surface area contributed by atoms with Crippen molar-refractivity contribution >= 4 is 11.8 Å². The van der Waals surface area contributed by atoms with Gasteiger partial charge >= 0.3 is 5.97 Å². The maximum absolute atomic E-state index is 11.6. The molecule has 1 unspecified atom stereocenters. The molecule has 3 N–H and O–H groups in total. The van der Waals surface area contributed by atoms with Crippen LogP contribution < -0.4 is 11.1 Å². The monoisotopic (exact) mass is 237 g/mol. The third-order valence-electron chi connectivity index (χ3n) is 1.88. The van der Waals surface area contributed by atoms with Gasteiger partial charge in [0.2, 0.25) is 0 Å². The average Bonchev–Trinajstić information content (AvgIpc) is 2.25. The number of rotatable bonds is 4. The van der Waals surface area contributed by atoms with Gasteiger partial charge in [-0.25, -0.2) is 4.98 Å². The Morgan fingerprint density at radius 1 is 1.53 bits per heavy atom. The minimum Gasteiger partial charge on any atom is -0.459 e. The largest absolute Gasteiger partial charge is 0.459 e. The molecule has 0 aliphatic heterocycles. The maximum atomic E-state index is 11.6. The highest BCUT2D eigenvalue weighted by Gasteiger charge is 2.21. The first-order valence-corrected chi connectivity index (χ1v) is 5.52. The van der Waals surface area contributed by atoms with Gasteiger partial charge in [0.15, 0.2) is 0 Å². The highest BCUT2D eigenvalue weighted by Crippen LogP contribution is 2.08.